The molecular formula is C13H16BrNO. The summed E-state index contributed by atoms with van der Waals surface area (Å²) >= 11 is 3.42. The minimum Gasteiger partial charge on any atom is -0.479 e. The molecule has 1 heterocycles. The molecule has 2 nitrogen and oxygen atoms in total. The van der Waals surface area contributed by atoms with Crippen LogP contribution in [-0.2, 0) is 0 Å². The number of para-hydroxylation sites is 1. The van der Waals surface area contributed by atoms with E-state index in [2.05, 4.69) is 39.1 Å². The highest BCUT2D eigenvalue weighted by Gasteiger charge is 1.99. The van der Waals surface area contributed by atoms with Crippen molar-refractivity contribution in [2.24, 2.45) is 0 Å². The third-order valence-corrected chi connectivity index (χ3v) is 3.10. The third-order valence-electron chi connectivity index (χ3n) is 2.54. The second-order valence-corrected chi connectivity index (χ2v) is 4.61. The molecule has 0 aliphatic heterocycles. The first-order chi connectivity index (χ1) is 7.90. The highest BCUT2D eigenvalue weighted by atomic mass is 79.9. The molecule has 0 fully saturated rings. The van der Waals surface area contributed by atoms with E-state index in [-0.39, 0.29) is 0 Å². The average molecular weight is 282 g/mol. The first kappa shape index (κ1) is 11.5. The predicted octanol–water partition coefficient (Wildman–Crippen LogP) is 4.11. The Morgan fingerprint density at radius 2 is 2.00 bits per heavy atom. The zero-order valence-electron chi connectivity index (χ0n) is 9.21. The molecule has 2 aromatic rings. The molecule has 0 bridgehead atoms. The van der Waals surface area contributed by atoms with Gasteiger partial charge in [-0.05, 0) is 25.3 Å². The second-order valence-electron chi connectivity index (χ2n) is 3.82. The van der Waals surface area contributed by atoms with E-state index >= 15 is 0 Å². The van der Waals surface area contributed by atoms with Gasteiger partial charge in [-0.2, -0.15) is 0 Å². The second kappa shape index (κ2) is 5.94. The summed E-state index contributed by atoms with van der Waals surface area (Å²) in [6.45, 7) is 0.791. The number of fused-ring (bicyclic) bond motifs is 1. The molecular weight excluding hydrogens is 266 g/mol. The van der Waals surface area contributed by atoms with Gasteiger partial charge in [0.25, 0.3) is 0 Å². The molecule has 0 saturated carbocycles. The molecule has 0 radical (unpaired) electrons. The summed E-state index contributed by atoms with van der Waals surface area (Å²) in [5, 5.41) is 2.29. The molecule has 1 N–H and O–H groups in total. The lowest BCUT2D eigenvalue weighted by Crippen LogP contribution is -1.97. The van der Waals surface area contributed by atoms with E-state index in [0.717, 1.165) is 29.8 Å². The Morgan fingerprint density at radius 1 is 1.12 bits per heavy atom. The number of unbranched alkanes of at least 4 members (excludes halogenated alkanes) is 2. The maximum absolute atomic E-state index is 5.67. The number of nitrogens with one attached hydrogen (secondary N) is 1. The van der Waals surface area contributed by atoms with E-state index in [1.165, 1.54) is 18.2 Å². The van der Waals surface area contributed by atoms with Crippen LogP contribution in [0.2, 0.25) is 0 Å². The van der Waals surface area contributed by atoms with E-state index < -0.39 is 0 Å². The predicted molar refractivity (Wildman–Crippen MR) is 71.4 cm³/mol. The first-order valence-electron chi connectivity index (χ1n) is 5.66. The van der Waals surface area contributed by atoms with Crippen LogP contribution in [0.4, 0.5) is 0 Å². The van der Waals surface area contributed by atoms with Crippen molar-refractivity contribution in [1.29, 1.82) is 0 Å². The van der Waals surface area contributed by atoms with E-state index in [1.54, 1.807) is 0 Å². The van der Waals surface area contributed by atoms with Crippen LogP contribution in [0.1, 0.15) is 19.3 Å². The topological polar surface area (TPSA) is 25.0 Å². The Hall–Kier alpha value is -0.960. The van der Waals surface area contributed by atoms with Crippen LogP contribution in [0.15, 0.2) is 30.3 Å². The van der Waals surface area contributed by atoms with Gasteiger partial charge in [-0.3, -0.25) is 0 Å². The van der Waals surface area contributed by atoms with Gasteiger partial charge < -0.3 is 9.72 Å². The number of aromatic nitrogens is 1. The minimum atomic E-state index is 0.791. The van der Waals surface area contributed by atoms with Gasteiger partial charge in [-0.1, -0.05) is 34.1 Å². The van der Waals surface area contributed by atoms with Crippen LogP contribution in [-0.4, -0.2) is 16.9 Å². The molecule has 2 rings (SSSR count). The van der Waals surface area contributed by atoms with Crippen LogP contribution in [0, 0.1) is 0 Å². The van der Waals surface area contributed by atoms with Crippen molar-refractivity contribution in [1.82, 2.24) is 4.98 Å². The molecule has 0 spiro atoms. The smallest absolute Gasteiger partial charge is 0.191 e. The van der Waals surface area contributed by atoms with E-state index in [0.29, 0.717) is 0 Å². The Morgan fingerprint density at radius 3 is 2.81 bits per heavy atom. The molecule has 0 aliphatic rings. The number of halogens is 1. The number of alkyl halides is 1. The molecule has 1 aromatic heterocycles. The zero-order chi connectivity index (χ0) is 11.2. The molecule has 0 atom stereocenters. The molecule has 86 valence electrons. The van der Waals surface area contributed by atoms with Gasteiger partial charge in [0.05, 0.1) is 6.61 Å². The van der Waals surface area contributed by atoms with Gasteiger partial charge in [-0.25, -0.2) is 0 Å². The number of hydrogen-bond acceptors (Lipinski definition) is 1. The Balaban J connectivity index is 1.85. The van der Waals surface area contributed by atoms with Gasteiger partial charge in [0.15, 0.2) is 5.88 Å². The van der Waals surface area contributed by atoms with Crippen LogP contribution >= 0.6 is 15.9 Å². The summed E-state index contributed by atoms with van der Waals surface area (Å²) in [4.78, 5) is 3.25. The highest BCUT2D eigenvalue weighted by molar-refractivity contribution is 9.09. The van der Waals surface area contributed by atoms with Crippen molar-refractivity contribution in [3.05, 3.63) is 30.3 Å². The van der Waals surface area contributed by atoms with Crippen LogP contribution in [0.25, 0.3) is 10.9 Å². The average Bonchev–Trinajstić information content (AvgIpc) is 2.71. The van der Waals surface area contributed by atoms with Gasteiger partial charge in [0.1, 0.15) is 0 Å². The van der Waals surface area contributed by atoms with Gasteiger partial charge >= 0.3 is 0 Å². The van der Waals surface area contributed by atoms with Gasteiger partial charge in [0.2, 0.25) is 0 Å². The molecule has 0 unspecified atom stereocenters. The normalized spacial score (nSPS) is 10.8. The number of benzene rings is 1. The number of ether oxygens (including phenoxy) is 1. The van der Waals surface area contributed by atoms with Crippen molar-refractivity contribution in [2.45, 2.75) is 19.3 Å². The SMILES string of the molecule is BrCCCCCOc1cc2ccccc2[nH]1. The van der Waals surface area contributed by atoms with Gasteiger partial charge in [-0.15, -0.1) is 0 Å². The van der Waals surface area contributed by atoms with Crippen LogP contribution in [0.3, 0.4) is 0 Å². The number of rotatable bonds is 6. The van der Waals surface area contributed by atoms with E-state index in [9.17, 15) is 0 Å². The Bertz CT molecular complexity index is 405. The maximum atomic E-state index is 5.67. The van der Waals surface area contributed by atoms with Crippen molar-refractivity contribution in [2.75, 3.05) is 11.9 Å². The summed E-state index contributed by atoms with van der Waals surface area (Å²) in [5.41, 5.74) is 1.14. The molecule has 16 heavy (non-hydrogen) atoms. The highest BCUT2D eigenvalue weighted by Crippen LogP contribution is 2.19. The Labute approximate surface area is 104 Å². The molecule has 0 saturated heterocycles. The summed E-state index contributed by atoms with van der Waals surface area (Å²) < 4.78 is 5.67. The first-order valence-corrected chi connectivity index (χ1v) is 6.79. The van der Waals surface area contributed by atoms with Crippen molar-refractivity contribution in [3.63, 3.8) is 0 Å². The third kappa shape index (κ3) is 3.01. The Kier molecular flexibility index (Phi) is 4.28. The molecule has 0 aliphatic carbocycles. The zero-order valence-corrected chi connectivity index (χ0v) is 10.8. The fourth-order valence-electron chi connectivity index (χ4n) is 1.68. The number of hydrogen-bond donors (Lipinski definition) is 1. The summed E-state index contributed by atoms with van der Waals surface area (Å²) in [7, 11) is 0. The van der Waals surface area contributed by atoms with E-state index in [1.807, 2.05) is 12.1 Å². The van der Waals surface area contributed by atoms with Crippen LogP contribution < -0.4 is 4.74 Å². The van der Waals surface area contributed by atoms with Crippen LogP contribution in [0.5, 0.6) is 5.88 Å². The fourth-order valence-corrected chi connectivity index (χ4v) is 2.08. The number of H-pyrrole nitrogens is 1. The van der Waals surface area contributed by atoms with E-state index in [4.69, 9.17) is 4.74 Å². The summed E-state index contributed by atoms with van der Waals surface area (Å²) in [5.74, 6) is 0.875. The lowest BCUT2D eigenvalue weighted by Gasteiger charge is -2.02. The van der Waals surface area contributed by atoms with Crippen molar-refractivity contribution < 1.29 is 4.74 Å². The maximum Gasteiger partial charge on any atom is 0.191 e. The van der Waals surface area contributed by atoms with Gasteiger partial charge in [0, 0.05) is 22.3 Å². The lowest BCUT2D eigenvalue weighted by atomic mass is 10.2. The lowest BCUT2D eigenvalue weighted by molar-refractivity contribution is 0.297. The quantitative estimate of drug-likeness (QED) is 0.626. The minimum absolute atomic E-state index is 0.791. The summed E-state index contributed by atoms with van der Waals surface area (Å²) in [6.07, 6.45) is 3.54. The van der Waals surface area contributed by atoms with Crippen molar-refractivity contribution >= 4 is 26.8 Å². The molecule has 0 amide bonds. The standard InChI is InChI=1S/C13H16BrNO/c14-8-4-1-5-9-16-13-10-11-6-2-3-7-12(11)15-13/h2-3,6-7,10,15H,1,4-5,8-9H2. The largest absolute Gasteiger partial charge is 0.479 e. The number of aromatic amines is 1. The summed E-state index contributed by atoms with van der Waals surface area (Å²) in [6, 6.07) is 10.3. The fraction of sp³-hybridized carbons (Fsp3) is 0.385. The molecule has 1 aromatic carbocycles. The molecule has 3 heteroatoms. The monoisotopic (exact) mass is 281 g/mol. The van der Waals surface area contributed by atoms with Crippen molar-refractivity contribution in [3.8, 4) is 5.88 Å².